The molecule has 0 radical (unpaired) electrons. The van der Waals surface area contributed by atoms with E-state index in [2.05, 4.69) is 31.3 Å². The standard InChI is InChI=1S/C19H29N3O3S.ClH/c1-14(2)15-3-5-16(6-4-15)17(20)11-21-18(23)12-26-13-19(24)22-7-9-25-10-8-22;/h3-6,14,17H,7-13,20H2,1-2H3,(H,21,23);1H. The first kappa shape index (κ1) is 23.8. The van der Waals surface area contributed by atoms with Gasteiger partial charge in [-0.2, -0.15) is 0 Å². The van der Waals surface area contributed by atoms with E-state index < -0.39 is 0 Å². The molecule has 2 rings (SSSR count). The van der Waals surface area contributed by atoms with Gasteiger partial charge >= 0.3 is 0 Å². The molecular formula is C19H30ClN3O3S. The lowest BCUT2D eigenvalue weighted by Gasteiger charge is -2.26. The molecule has 0 spiro atoms. The number of amides is 2. The third-order valence-electron chi connectivity index (χ3n) is 4.37. The van der Waals surface area contributed by atoms with Crippen LogP contribution in [0.1, 0.15) is 36.9 Å². The maximum absolute atomic E-state index is 12.0. The number of morpholine rings is 1. The number of rotatable bonds is 8. The first-order valence-corrected chi connectivity index (χ1v) is 10.2. The Morgan fingerprint density at radius 3 is 2.33 bits per heavy atom. The van der Waals surface area contributed by atoms with E-state index in [0.717, 1.165) is 5.56 Å². The predicted molar refractivity (Wildman–Crippen MR) is 112 cm³/mol. The molecule has 152 valence electrons. The van der Waals surface area contributed by atoms with Crippen molar-refractivity contribution >= 4 is 36.0 Å². The normalized spacial score (nSPS) is 15.2. The summed E-state index contributed by atoms with van der Waals surface area (Å²) in [5.41, 5.74) is 8.42. The Kier molecular flexibility index (Phi) is 10.8. The van der Waals surface area contributed by atoms with E-state index in [1.54, 1.807) is 4.90 Å². The second kappa shape index (κ2) is 12.2. The summed E-state index contributed by atoms with van der Waals surface area (Å²) in [4.78, 5) is 25.7. The second-order valence-electron chi connectivity index (χ2n) is 6.72. The van der Waals surface area contributed by atoms with Crippen molar-refractivity contribution in [1.29, 1.82) is 0 Å². The van der Waals surface area contributed by atoms with Gasteiger partial charge in [-0.1, -0.05) is 38.1 Å². The largest absolute Gasteiger partial charge is 0.378 e. The molecule has 1 aromatic carbocycles. The highest BCUT2D eigenvalue weighted by Gasteiger charge is 2.17. The van der Waals surface area contributed by atoms with Gasteiger partial charge in [-0.25, -0.2) is 0 Å². The molecule has 1 aromatic rings. The van der Waals surface area contributed by atoms with Gasteiger partial charge in [0.05, 0.1) is 24.7 Å². The minimum absolute atomic E-state index is 0. The predicted octanol–water partition coefficient (Wildman–Crippen LogP) is 1.94. The summed E-state index contributed by atoms with van der Waals surface area (Å²) in [5.74, 6) is 1.02. The number of nitrogens with one attached hydrogen (secondary N) is 1. The molecule has 27 heavy (non-hydrogen) atoms. The van der Waals surface area contributed by atoms with Crippen LogP contribution in [0.2, 0.25) is 0 Å². The number of hydrogen-bond donors (Lipinski definition) is 2. The monoisotopic (exact) mass is 415 g/mol. The number of thioether (sulfide) groups is 1. The number of ether oxygens (including phenoxy) is 1. The number of benzene rings is 1. The van der Waals surface area contributed by atoms with Gasteiger partial charge in [-0.15, -0.1) is 24.2 Å². The Balaban J connectivity index is 0.00000364. The molecule has 1 aliphatic heterocycles. The third kappa shape index (κ3) is 8.09. The molecule has 0 aromatic heterocycles. The fourth-order valence-corrected chi connectivity index (χ4v) is 3.40. The number of carbonyl (C=O) groups excluding carboxylic acids is 2. The lowest BCUT2D eigenvalue weighted by Crippen LogP contribution is -2.41. The van der Waals surface area contributed by atoms with Crippen molar-refractivity contribution in [1.82, 2.24) is 10.2 Å². The molecule has 0 bridgehead atoms. The fourth-order valence-electron chi connectivity index (χ4n) is 2.66. The molecule has 1 unspecified atom stereocenters. The molecule has 2 amide bonds. The first-order valence-electron chi connectivity index (χ1n) is 9.02. The number of nitrogens with zero attached hydrogens (tertiary/aromatic N) is 1. The van der Waals surface area contributed by atoms with E-state index in [1.807, 2.05) is 12.1 Å². The molecule has 1 heterocycles. The van der Waals surface area contributed by atoms with Crippen LogP contribution in [-0.4, -0.2) is 61.1 Å². The van der Waals surface area contributed by atoms with E-state index in [1.165, 1.54) is 17.3 Å². The maximum Gasteiger partial charge on any atom is 0.232 e. The van der Waals surface area contributed by atoms with Crippen molar-refractivity contribution < 1.29 is 14.3 Å². The third-order valence-corrected chi connectivity index (χ3v) is 5.29. The maximum atomic E-state index is 12.0. The number of nitrogens with two attached hydrogens (primary N) is 1. The smallest absolute Gasteiger partial charge is 0.232 e. The van der Waals surface area contributed by atoms with Crippen LogP contribution in [0.5, 0.6) is 0 Å². The van der Waals surface area contributed by atoms with Gasteiger partial charge in [0.1, 0.15) is 0 Å². The summed E-state index contributed by atoms with van der Waals surface area (Å²) < 4.78 is 5.22. The van der Waals surface area contributed by atoms with Gasteiger partial charge in [0.15, 0.2) is 0 Å². The lowest BCUT2D eigenvalue weighted by molar-refractivity contribution is -0.132. The van der Waals surface area contributed by atoms with Crippen molar-refractivity contribution in [3.63, 3.8) is 0 Å². The SMILES string of the molecule is CC(C)c1ccc(C(N)CNC(=O)CSCC(=O)N2CCOCC2)cc1.Cl. The van der Waals surface area contributed by atoms with E-state index in [0.29, 0.717) is 44.5 Å². The van der Waals surface area contributed by atoms with Gasteiger partial charge < -0.3 is 20.7 Å². The van der Waals surface area contributed by atoms with Crippen molar-refractivity contribution in [2.24, 2.45) is 5.73 Å². The highest BCUT2D eigenvalue weighted by molar-refractivity contribution is 8.00. The van der Waals surface area contributed by atoms with Crippen molar-refractivity contribution in [3.8, 4) is 0 Å². The van der Waals surface area contributed by atoms with Crippen LogP contribution in [-0.2, 0) is 14.3 Å². The Hall–Kier alpha value is -1.28. The van der Waals surface area contributed by atoms with Crippen molar-refractivity contribution in [2.75, 3.05) is 44.4 Å². The second-order valence-corrected chi connectivity index (χ2v) is 7.70. The van der Waals surface area contributed by atoms with Gasteiger partial charge in [0.2, 0.25) is 11.8 Å². The van der Waals surface area contributed by atoms with Crippen LogP contribution in [0, 0.1) is 0 Å². The Morgan fingerprint density at radius 2 is 1.74 bits per heavy atom. The summed E-state index contributed by atoms with van der Waals surface area (Å²) in [6, 6.07) is 7.95. The van der Waals surface area contributed by atoms with Crippen LogP contribution >= 0.6 is 24.2 Å². The van der Waals surface area contributed by atoms with Gasteiger partial charge in [-0.05, 0) is 17.0 Å². The molecule has 3 N–H and O–H groups in total. The summed E-state index contributed by atoms with van der Waals surface area (Å²) >= 11 is 1.33. The lowest BCUT2D eigenvalue weighted by atomic mass is 9.99. The van der Waals surface area contributed by atoms with E-state index in [-0.39, 0.29) is 36.0 Å². The molecule has 8 heteroatoms. The van der Waals surface area contributed by atoms with Crippen molar-refractivity contribution in [2.45, 2.75) is 25.8 Å². The van der Waals surface area contributed by atoms with Crippen molar-refractivity contribution in [3.05, 3.63) is 35.4 Å². The Bertz CT molecular complexity index is 592. The number of hydrogen-bond acceptors (Lipinski definition) is 5. The average molecular weight is 416 g/mol. The van der Waals surface area contributed by atoms with Crippen LogP contribution in [0.4, 0.5) is 0 Å². The highest BCUT2D eigenvalue weighted by Crippen LogP contribution is 2.17. The Morgan fingerprint density at radius 1 is 1.15 bits per heavy atom. The molecule has 0 aliphatic carbocycles. The zero-order chi connectivity index (χ0) is 18.9. The van der Waals surface area contributed by atoms with E-state index in [9.17, 15) is 9.59 Å². The van der Waals surface area contributed by atoms with E-state index in [4.69, 9.17) is 10.5 Å². The van der Waals surface area contributed by atoms with Gasteiger partial charge in [-0.3, -0.25) is 9.59 Å². The molecule has 0 saturated carbocycles. The van der Waals surface area contributed by atoms with Gasteiger partial charge in [0.25, 0.3) is 0 Å². The molecule has 1 saturated heterocycles. The molecular weight excluding hydrogens is 386 g/mol. The van der Waals surface area contributed by atoms with Gasteiger partial charge in [0, 0.05) is 25.7 Å². The van der Waals surface area contributed by atoms with E-state index >= 15 is 0 Å². The average Bonchev–Trinajstić information content (AvgIpc) is 2.66. The van der Waals surface area contributed by atoms with Crippen LogP contribution in [0.3, 0.4) is 0 Å². The summed E-state index contributed by atoms with van der Waals surface area (Å²) in [6.45, 7) is 7.14. The molecule has 1 atom stereocenters. The number of carbonyl (C=O) groups is 2. The first-order chi connectivity index (χ1) is 12.5. The summed E-state index contributed by atoms with van der Waals surface area (Å²) in [5, 5.41) is 2.84. The summed E-state index contributed by atoms with van der Waals surface area (Å²) in [6.07, 6.45) is 0. The molecule has 1 fully saturated rings. The zero-order valence-electron chi connectivity index (χ0n) is 16.0. The zero-order valence-corrected chi connectivity index (χ0v) is 17.6. The highest BCUT2D eigenvalue weighted by atomic mass is 35.5. The summed E-state index contributed by atoms with van der Waals surface area (Å²) in [7, 11) is 0. The number of halogens is 1. The Labute approximate surface area is 172 Å². The van der Waals surface area contributed by atoms with Crippen LogP contribution in [0.25, 0.3) is 0 Å². The minimum Gasteiger partial charge on any atom is -0.378 e. The van der Waals surface area contributed by atoms with Crippen LogP contribution in [0.15, 0.2) is 24.3 Å². The molecule has 1 aliphatic rings. The topological polar surface area (TPSA) is 84.7 Å². The molecule has 6 nitrogen and oxygen atoms in total. The fraction of sp³-hybridized carbons (Fsp3) is 0.579. The quantitative estimate of drug-likeness (QED) is 0.677. The van der Waals surface area contributed by atoms with Crippen LogP contribution < -0.4 is 11.1 Å². The minimum atomic E-state index is -0.236.